The fourth-order valence-corrected chi connectivity index (χ4v) is 3.68. The van der Waals surface area contributed by atoms with Crippen LogP contribution in [-0.2, 0) is 12.6 Å². The van der Waals surface area contributed by atoms with Crippen molar-refractivity contribution in [1.29, 1.82) is 0 Å². The Morgan fingerprint density at radius 2 is 1.12 bits per heavy atom. The molecule has 0 saturated carbocycles. The zero-order chi connectivity index (χ0) is 30.5. The Balaban J connectivity index is 0.000000708. The molecule has 210 valence electrons. The van der Waals surface area contributed by atoms with Gasteiger partial charge >= 0.3 is 42.1 Å². The molecule has 40 heavy (non-hydrogen) atoms. The molecule has 0 spiro atoms. The second-order valence-electron chi connectivity index (χ2n) is 7.81. The van der Waals surface area contributed by atoms with Gasteiger partial charge in [0.1, 0.15) is 0 Å². The summed E-state index contributed by atoms with van der Waals surface area (Å²) in [5, 5.41) is 38.9. The van der Waals surface area contributed by atoms with Gasteiger partial charge in [-0.15, -0.1) is 0 Å². The molecule has 0 aliphatic heterocycles. The molecule has 0 aliphatic rings. The lowest BCUT2D eigenvalue weighted by Gasteiger charge is -2.16. The maximum absolute atomic E-state index is 12.8. The van der Waals surface area contributed by atoms with E-state index in [1.54, 1.807) is 5.32 Å². The second kappa shape index (κ2) is 11.8. The molecule has 0 radical (unpaired) electrons. The smallest absolute Gasteiger partial charge is 0.416 e. The van der Waals surface area contributed by atoms with Crippen LogP contribution in [0.15, 0.2) is 42.5 Å². The maximum Gasteiger partial charge on any atom is 0.416 e. The van der Waals surface area contributed by atoms with Gasteiger partial charge in [-0.05, 0) is 47.9 Å². The van der Waals surface area contributed by atoms with E-state index in [0.29, 0.717) is 0 Å². The molecule has 4 amide bonds. The van der Waals surface area contributed by atoms with Crippen molar-refractivity contribution < 1.29 is 62.4 Å². The zero-order valence-corrected chi connectivity index (χ0v) is 19.8. The van der Waals surface area contributed by atoms with E-state index in [0.717, 1.165) is 42.5 Å². The van der Waals surface area contributed by atoms with E-state index >= 15 is 0 Å². The molecule has 0 atom stereocenters. The number of hydrogen-bond acceptors (Lipinski definition) is 6. The molecular formula is C24H18F3N3O10. The quantitative estimate of drug-likeness (QED) is 0.230. The summed E-state index contributed by atoms with van der Waals surface area (Å²) in [7, 11) is 0. The molecule has 3 aromatic carbocycles. The maximum atomic E-state index is 12.8. The number of hydrogen-bond donors (Lipinski definition) is 7. The van der Waals surface area contributed by atoms with E-state index < -0.39 is 80.7 Å². The highest BCUT2D eigenvalue weighted by Crippen LogP contribution is 2.35. The normalized spacial score (nSPS) is 10.7. The van der Waals surface area contributed by atoms with Gasteiger partial charge in [0.25, 0.3) is 0 Å². The first-order chi connectivity index (χ1) is 18.4. The molecule has 13 nitrogen and oxygen atoms in total. The van der Waals surface area contributed by atoms with Crippen LogP contribution in [0.4, 0.5) is 22.8 Å². The van der Waals surface area contributed by atoms with E-state index in [-0.39, 0.29) is 17.5 Å². The molecule has 16 heteroatoms. The van der Waals surface area contributed by atoms with Crippen molar-refractivity contribution in [3.8, 4) is 0 Å². The number of carbonyl (C=O) groups is 6. The van der Waals surface area contributed by atoms with Crippen molar-refractivity contribution in [2.24, 2.45) is 11.5 Å². The van der Waals surface area contributed by atoms with Crippen LogP contribution in [0.5, 0.6) is 0 Å². The fraction of sp³-hybridized carbons (Fsp3) is 0.0833. The molecule has 0 unspecified atom stereocenters. The number of nitrogens with one attached hydrogen (secondary N) is 1. The highest BCUT2D eigenvalue weighted by molar-refractivity contribution is 6.22. The summed E-state index contributed by atoms with van der Waals surface area (Å²) in [6.45, 7) is 0. The van der Waals surface area contributed by atoms with E-state index in [1.807, 2.05) is 0 Å². The van der Waals surface area contributed by atoms with E-state index in [2.05, 4.69) is 11.5 Å². The molecule has 9 N–H and O–H groups in total. The van der Waals surface area contributed by atoms with Crippen LogP contribution in [0.2, 0.25) is 0 Å². The van der Waals surface area contributed by atoms with Gasteiger partial charge in [-0.3, -0.25) is 5.32 Å². The van der Waals surface area contributed by atoms with Crippen LogP contribution in [-0.4, -0.2) is 56.4 Å². The highest BCUT2D eigenvalue weighted by atomic mass is 19.4. The number of benzene rings is 3. The number of alkyl halides is 3. The fourth-order valence-electron chi connectivity index (χ4n) is 3.68. The van der Waals surface area contributed by atoms with Gasteiger partial charge in [0, 0.05) is 10.8 Å². The van der Waals surface area contributed by atoms with Gasteiger partial charge < -0.3 is 31.9 Å². The number of halogens is 3. The number of nitrogens with two attached hydrogens (primary N) is 2. The van der Waals surface area contributed by atoms with Crippen molar-refractivity contribution >= 4 is 46.7 Å². The lowest BCUT2D eigenvalue weighted by molar-refractivity contribution is -0.137. The molecule has 3 rings (SSSR count). The van der Waals surface area contributed by atoms with Gasteiger partial charge in [-0.1, -0.05) is 12.1 Å². The number of carboxylic acid groups (broad SMARTS) is 4. The van der Waals surface area contributed by atoms with Crippen molar-refractivity contribution in [3.05, 3.63) is 81.4 Å². The SMILES string of the molecule is NC(=O)NC(N)=O.O=C(O)c1ccc(C(=O)O)c2c(C(=O)O)c(Cc3ccc(C(F)(F)F)cc3)cc(C(=O)O)c12. The van der Waals surface area contributed by atoms with Crippen molar-refractivity contribution in [2.75, 3.05) is 0 Å². The van der Waals surface area contributed by atoms with Gasteiger partial charge in [-0.2, -0.15) is 13.2 Å². The number of carboxylic acids is 4. The first-order valence-electron chi connectivity index (χ1n) is 10.5. The largest absolute Gasteiger partial charge is 0.478 e. The zero-order valence-electron chi connectivity index (χ0n) is 19.8. The first kappa shape index (κ1) is 30.6. The minimum Gasteiger partial charge on any atom is -0.478 e. The number of amides is 4. The summed E-state index contributed by atoms with van der Waals surface area (Å²) in [6.07, 6.45) is -4.96. The molecule has 0 heterocycles. The van der Waals surface area contributed by atoms with Crippen LogP contribution >= 0.6 is 0 Å². The van der Waals surface area contributed by atoms with Crippen LogP contribution < -0.4 is 16.8 Å². The summed E-state index contributed by atoms with van der Waals surface area (Å²) in [5.41, 5.74) is 5.35. The number of carbonyl (C=O) groups excluding carboxylic acids is 2. The third-order valence-electron chi connectivity index (χ3n) is 5.19. The summed E-state index contributed by atoms with van der Waals surface area (Å²) in [5.74, 6) is -6.53. The van der Waals surface area contributed by atoms with Crippen LogP contribution in [0.1, 0.15) is 58.1 Å². The lowest BCUT2D eigenvalue weighted by atomic mass is 9.86. The van der Waals surface area contributed by atoms with Crippen molar-refractivity contribution in [2.45, 2.75) is 12.6 Å². The third-order valence-corrected chi connectivity index (χ3v) is 5.19. The Kier molecular flexibility index (Phi) is 9.01. The second-order valence-corrected chi connectivity index (χ2v) is 7.81. The molecule has 0 aliphatic carbocycles. The van der Waals surface area contributed by atoms with Gasteiger partial charge in [0.15, 0.2) is 0 Å². The van der Waals surface area contributed by atoms with Crippen LogP contribution in [0.25, 0.3) is 10.8 Å². The standard InChI is InChI=1S/C22H13F3O8.C2H5N3O2/c23-22(24,25)11-3-1-9(2-4-11)7-10-8-14(20(30)31)16-12(18(26)27)5-6-13(19(28)29)17(16)15(10)21(32)33;3-1(6)5-2(4)7/h1-6,8H,7H2,(H,26,27)(H,28,29)(H,30,31)(H,32,33);(H5,3,4,5,6,7). The Morgan fingerprint density at radius 1 is 0.675 bits per heavy atom. The van der Waals surface area contributed by atoms with E-state index in [9.17, 15) is 62.4 Å². The number of urea groups is 2. The third kappa shape index (κ3) is 7.00. The predicted molar refractivity (Wildman–Crippen MR) is 128 cm³/mol. The van der Waals surface area contributed by atoms with Crippen LogP contribution in [0.3, 0.4) is 0 Å². The Bertz CT molecular complexity index is 1540. The topological polar surface area (TPSA) is 247 Å². The first-order valence-corrected chi connectivity index (χ1v) is 10.5. The average molecular weight is 565 g/mol. The summed E-state index contributed by atoms with van der Waals surface area (Å²) >= 11 is 0. The summed E-state index contributed by atoms with van der Waals surface area (Å²) in [6, 6.07) is 4.41. The predicted octanol–water partition coefficient (Wildman–Crippen LogP) is 2.98. The van der Waals surface area contributed by atoms with Crippen molar-refractivity contribution in [3.63, 3.8) is 0 Å². The Morgan fingerprint density at radius 3 is 1.48 bits per heavy atom. The lowest BCUT2D eigenvalue weighted by Crippen LogP contribution is -2.38. The summed E-state index contributed by atoms with van der Waals surface area (Å²) in [4.78, 5) is 66.7. The van der Waals surface area contributed by atoms with Gasteiger partial charge in [-0.25, -0.2) is 28.8 Å². The minimum absolute atomic E-state index is 0.187. The monoisotopic (exact) mass is 565 g/mol. The number of rotatable bonds is 6. The van der Waals surface area contributed by atoms with Gasteiger partial charge in [0.05, 0.1) is 27.8 Å². The summed E-state index contributed by atoms with van der Waals surface area (Å²) < 4.78 is 38.4. The average Bonchev–Trinajstić information content (AvgIpc) is 2.81. The van der Waals surface area contributed by atoms with Gasteiger partial charge in [0.2, 0.25) is 0 Å². The molecule has 0 saturated heterocycles. The van der Waals surface area contributed by atoms with Crippen LogP contribution in [0, 0.1) is 0 Å². The number of imide groups is 1. The Labute approximate surface area is 220 Å². The number of fused-ring (bicyclic) bond motifs is 1. The molecular weight excluding hydrogens is 547 g/mol. The van der Waals surface area contributed by atoms with E-state index in [1.165, 1.54) is 0 Å². The number of aromatic carboxylic acids is 4. The number of primary amides is 2. The Hall–Kier alpha value is -5.67. The molecule has 0 fully saturated rings. The molecule has 0 aromatic heterocycles. The highest BCUT2D eigenvalue weighted by Gasteiger charge is 2.31. The van der Waals surface area contributed by atoms with Crippen molar-refractivity contribution in [1.82, 2.24) is 5.32 Å². The minimum atomic E-state index is -4.60. The molecule has 3 aromatic rings. The molecule has 0 bridgehead atoms. The van der Waals surface area contributed by atoms with E-state index in [4.69, 9.17) is 0 Å².